The Hall–Kier alpha value is -2.96. The fourth-order valence-electron chi connectivity index (χ4n) is 2.61. The first-order valence-electron chi connectivity index (χ1n) is 7.89. The van der Waals surface area contributed by atoms with Crippen molar-refractivity contribution in [2.75, 3.05) is 5.32 Å². The van der Waals surface area contributed by atoms with Gasteiger partial charge in [0.1, 0.15) is 6.33 Å². The molecule has 0 unspecified atom stereocenters. The minimum Gasteiger partial charge on any atom is -0.326 e. The van der Waals surface area contributed by atoms with Crippen molar-refractivity contribution >= 4 is 17.4 Å². The Morgan fingerprint density at radius 2 is 2.21 bits per heavy atom. The largest absolute Gasteiger partial charge is 0.326 e. The number of aromatic amines is 1. The van der Waals surface area contributed by atoms with Gasteiger partial charge < -0.3 is 5.32 Å². The molecule has 0 aliphatic rings. The van der Waals surface area contributed by atoms with Gasteiger partial charge in [0, 0.05) is 17.7 Å². The number of nitrogens with one attached hydrogen (secondary N) is 2. The maximum absolute atomic E-state index is 12.4. The van der Waals surface area contributed by atoms with Crippen LogP contribution < -0.4 is 10.9 Å². The summed E-state index contributed by atoms with van der Waals surface area (Å²) in [5.41, 5.74) is 2.85. The molecule has 2 heterocycles. The predicted octanol–water partition coefficient (Wildman–Crippen LogP) is 1.86. The van der Waals surface area contributed by atoms with Crippen LogP contribution in [0.5, 0.6) is 0 Å². The van der Waals surface area contributed by atoms with Gasteiger partial charge in [0.15, 0.2) is 0 Å². The summed E-state index contributed by atoms with van der Waals surface area (Å²) in [6.45, 7) is 3.82. The Morgan fingerprint density at radius 1 is 1.38 bits per heavy atom. The molecule has 0 aliphatic heterocycles. The number of hydrogen-bond donors (Lipinski definition) is 2. The van der Waals surface area contributed by atoms with Crippen molar-refractivity contribution in [2.24, 2.45) is 0 Å². The topological polar surface area (TPSA) is 92.2 Å². The van der Waals surface area contributed by atoms with Crippen molar-refractivity contribution < 1.29 is 4.79 Å². The number of benzene rings is 1. The number of hydrogen-bond acceptors (Lipinski definition) is 4. The molecule has 0 atom stereocenters. The van der Waals surface area contributed by atoms with Crippen LogP contribution in [0.15, 0.2) is 35.4 Å². The van der Waals surface area contributed by atoms with Crippen LogP contribution in [0.1, 0.15) is 30.2 Å². The summed E-state index contributed by atoms with van der Waals surface area (Å²) in [5, 5.41) is 5.60. The van der Waals surface area contributed by atoms with Gasteiger partial charge in [-0.1, -0.05) is 19.1 Å². The van der Waals surface area contributed by atoms with Gasteiger partial charge in [-0.15, -0.1) is 0 Å². The molecule has 0 bridgehead atoms. The molecular weight excluding hydrogens is 306 g/mol. The van der Waals surface area contributed by atoms with Crippen LogP contribution in [0.2, 0.25) is 0 Å². The van der Waals surface area contributed by atoms with E-state index in [0.29, 0.717) is 23.5 Å². The molecule has 3 rings (SSSR count). The van der Waals surface area contributed by atoms with E-state index < -0.39 is 0 Å². The number of fused-ring (bicyclic) bond motifs is 1. The van der Waals surface area contributed by atoms with E-state index in [2.05, 4.69) is 27.3 Å². The van der Waals surface area contributed by atoms with E-state index in [1.807, 2.05) is 24.3 Å². The number of nitrogens with zero attached hydrogens (tertiary/aromatic N) is 3. The lowest BCUT2D eigenvalue weighted by molar-refractivity contribution is -0.116. The molecule has 2 N–H and O–H groups in total. The lowest BCUT2D eigenvalue weighted by Crippen LogP contribution is -2.23. The van der Waals surface area contributed by atoms with Crippen LogP contribution in [0.4, 0.5) is 5.69 Å². The number of aryl methyl sites for hydroxylation is 2. The molecule has 1 aromatic carbocycles. The molecule has 0 radical (unpaired) electrons. The normalized spacial score (nSPS) is 10.9. The summed E-state index contributed by atoms with van der Waals surface area (Å²) in [6.07, 6.45) is 2.88. The van der Waals surface area contributed by atoms with E-state index >= 15 is 0 Å². The lowest BCUT2D eigenvalue weighted by Gasteiger charge is -2.08. The molecule has 2 aromatic heterocycles. The maximum atomic E-state index is 12.4. The van der Waals surface area contributed by atoms with Gasteiger partial charge in [-0.3, -0.25) is 14.7 Å². The van der Waals surface area contributed by atoms with Crippen LogP contribution >= 0.6 is 0 Å². The van der Waals surface area contributed by atoms with E-state index in [1.165, 1.54) is 10.8 Å². The molecule has 124 valence electrons. The van der Waals surface area contributed by atoms with Gasteiger partial charge in [-0.05, 0) is 37.5 Å². The summed E-state index contributed by atoms with van der Waals surface area (Å²) in [7, 11) is 0. The van der Waals surface area contributed by atoms with Crippen molar-refractivity contribution in [1.82, 2.24) is 19.6 Å². The highest BCUT2D eigenvalue weighted by Crippen LogP contribution is 2.12. The van der Waals surface area contributed by atoms with Crippen molar-refractivity contribution in [3.8, 4) is 0 Å². The van der Waals surface area contributed by atoms with Crippen molar-refractivity contribution in [1.29, 1.82) is 0 Å². The Kier molecular flexibility index (Phi) is 4.41. The molecule has 0 saturated heterocycles. The molecule has 0 spiro atoms. The van der Waals surface area contributed by atoms with Crippen molar-refractivity contribution in [3.05, 3.63) is 57.8 Å². The molecule has 0 saturated carbocycles. The van der Waals surface area contributed by atoms with E-state index in [9.17, 15) is 9.59 Å². The van der Waals surface area contributed by atoms with Crippen LogP contribution in [-0.4, -0.2) is 25.5 Å². The van der Waals surface area contributed by atoms with Crippen LogP contribution in [0.25, 0.3) is 5.78 Å². The fourth-order valence-corrected chi connectivity index (χ4v) is 2.61. The SMILES string of the molecule is CCc1cccc(NC(=O)CCc2c(C)nc3nc[nH]n3c2=O)c1. The van der Waals surface area contributed by atoms with E-state index in [4.69, 9.17) is 0 Å². The smallest absolute Gasteiger partial charge is 0.277 e. The number of amides is 1. The second-order valence-electron chi connectivity index (χ2n) is 5.61. The first-order chi connectivity index (χ1) is 11.6. The highest BCUT2D eigenvalue weighted by molar-refractivity contribution is 5.90. The highest BCUT2D eigenvalue weighted by Gasteiger charge is 2.13. The third-order valence-electron chi connectivity index (χ3n) is 3.95. The Labute approximate surface area is 138 Å². The molecule has 0 fully saturated rings. The Balaban J connectivity index is 1.71. The summed E-state index contributed by atoms with van der Waals surface area (Å²) in [4.78, 5) is 32.8. The average molecular weight is 325 g/mol. The average Bonchev–Trinajstić information content (AvgIpc) is 3.03. The zero-order valence-corrected chi connectivity index (χ0v) is 13.7. The van der Waals surface area contributed by atoms with Gasteiger partial charge >= 0.3 is 0 Å². The van der Waals surface area contributed by atoms with Gasteiger partial charge in [0.05, 0.1) is 5.69 Å². The molecular formula is C17H19N5O2. The second kappa shape index (κ2) is 6.66. The predicted molar refractivity (Wildman–Crippen MR) is 91.1 cm³/mol. The zero-order chi connectivity index (χ0) is 17.1. The number of aromatic nitrogens is 4. The molecule has 3 aromatic rings. The quantitative estimate of drug-likeness (QED) is 0.749. The fraction of sp³-hybridized carbons (Fsp3) is 0.294. The number of carbonyl (C=O) groups excluding carboxylic acids is 1. The van der Waals surface area contributed by atoms with Crippen molar-refractivity contribution in [3.63, 3.8) is 0 Å². The van der Waals surface area contributed by atoms with E-state index in [1.54, 1.807) is 6.92 Å². The second-order valence-corrected chi connectivity index (χ2v) is 5.61. The van der Waals surface area contributed by atoms with E-state index in [-0.39, 0.29) is 17.9 Å². The van der Waals surface area contributed by atoms with Crippen LogP contribution in [0, 0.1) is 6.92 Å². The summed E-state index contributed by atoms with van der Waals surface area (Å²) >= 11 is 0. The van der Waals surface area contributed by atoms with Crippen LogP contribution in [-0.2, 0) is 17.6 Å². The van der Waals surface area contributed by atoms with Gasteiger partial charge in [-0.25, -0.2) is 9.97 Å². The minimum absolute atomic E-state index is 0.128. The number of anilines is 1. The van der Waals surface area contributed by atoms with Crippen LogP contribution in [0.3, 0.4) is 0 Å². The summed E-state index contributed by atoms with van der Waals surface area (Å²) in [5.74, 6) is 0.207. The summed E-state index contributed by atoms with van der Waals surface area (Å²) < 4.78 is 1.28. The third-order valence-corrected chi connectivity index (χ3v) is 3.95. The molecule has 7 heteroatoms. The molecule has 7 nitrogen and oxygen atoms in total. The lowest BCUT2D eigenvalue weighted by atomic mass is 10.1. The maximum Gasteiger partial charge on any atom is 0.277 e. The Bertz CT molecular complexity index is 942. The molecule has 0 aliphatic carbocycles. The number of H-pyrrole nitrogens is 1. The standard InChI is InChI=1S/C17H19N5O2/c1-3-12-5-4-6-13(9-12)21-15(23)8-7-14-11(2)20-17-18-10-19-22(17)16(14)24/h4-6,9-10H,3,7-8H2,1-2H3,(H,21,23)(H,18,19,20). The first-order valence-corrected chi connectivity index (χ1v) is 7.89. The zero-order valence-electron chi connectivity index (χ0n) is 13.7. The van der Waals surface area contributed by atoms with Gasteiger partial charge in [0.25, 0.3) is 11.3 Å². The van der Waals surface area contributed by atoms with E-state index in [0.717, 1.165) is 17.7 Å². The molecule has 24 heavy (non-hydrogen) atoms. The number of rotatable bonds is 5. The monoisotopic (exact) mass is 325 g/mol. The molecule has 1 amide bonds. The van der Waals surface area contributed by atoms with Gasteiger partial charge in [0.2, 0.25) is 5.91 Å². The van der Waals surface area contributed by atoms with Crippen molar-refractivity contribution in [2.45, 2.75) is 33.1 Å². The number of carbonyl (C=O) groups is 1. The third kappa shape index (κ3) is 3.19. The van der Waals surface area contributed by atoms with Gasteiger partial charge in [-0.2, -0.15) is 4.52 Å². The highest BCUT2D eigenvalue weighted by atomic mass is 16.1. The minimum atomic E-state index is -0.212. The Morgan fingerprint density at radius 3 is 3.00 bits per heavy atom. The summed E-state index contributed by atoms with van der Waals surface area (Å²) in [6, 6.07) is 7.75. The first kappa shape index (κ1) is 15.9.